The van der Waals surface area contributed by atoms with E-state index in [1.165, 1.54) is 19.3 Å². The van der Waals surface area contributed by atoms with Crippen LogP contribution in [0, 0.1) is 5.92 Å². The summed E-state index contributed by atoms with van der Waals surface area (Å²) in [6.07, 6.45) is 3.73. The van der Waals surface area contributed by atoms with Gasteiger partial charge in [0.05, 0.1) is 0 Å². The molecule has 0 amide bonds. The van der Waals surface area contributed by atoms with Gasteiger partial charge in [0.25, 0.3) is 0 Å². The molecule has 1 atom stereocenters. The Kier molecular flexibility index (Phi) is 5.40. The van der Waals surface area contributed by atoms with Gasteiger partial charge in [-0.05, 0) is 44.2 Å². The van der Waals surface area contributed by atoms with Crippen LogP contribution in [0.25, 0.3) is 0 Å². The van der Waals surface area contributed by atoms with Crippen molar-refractivity contribution in [3.05, 3.63) is 5.28 Å². The van der Waals surface area contributed by atoms with Crippen LogP contribution in [0.4, 0.5) is 11.9 Å². The third kappa shape index (κ3) is 3.51. The molecular weight excluding hydrogens is 274 g/mol. The first kappa shape index (κ1) is 15.3. The lowest BCUT2D eigenvalue weighted by molar-refractivity contribution is 0.529. The molecule has 0 bridgehead atoms. The molecule has 112 valence electrons. The van der Waals surface area contributed by atoms with Crippen molar-refractivity contribution < 1.29 is 0 Å². The predicted octanol–water partition coefficient (Wildman–Crippen LogP) is 3.00. The minimum Gasteiger partial charge on any atom is -0.341 e. The molecule has 0 aliphatic carbocycles. The molecule has 0 spiro atoms. The van der Waals surface area contributed by atoms with Crippen molar-refractivity contribution in [2.75, 3.05) is 36.0 Å². The molecule has 1 aromatic heterocycles. The van der Waals surface area contributed by atoms with Crippen LogP contribution >= 0.6 is 11.6 Å². The molecule has 5 nitrogen and oxygen atoms in total. The number of hydrogen-bond acceptors (Lipinski definition) is 5. The predicted molar refractivity (Wildman–Crippen MR) is 83.6 cm³/mol. The lowest BCUT2D eigenvalue weighted by atomic mass is 10.0. The van der Waals surface area contributed by atoms with Crippen molar-refractivity contribution >= 4 is 23.5 Å². The summed E-state index contributed by atoms with van der Waals surface area (Å²) in [5.41, 5.74) is 0. The van der Waals surface area contributed by atoms with E-state index in [2.05, 4.69) is 45.5 Å². The Bertz CT molecular complexity index is 436. The molecule has 2 heterocycles. The van der Waals surface area contributed by atoms with Crippen LogP contribution < -0.4 is 9.80 Å². The zero-order valence-electron chi connectivity index (χ0n) is 12.6. The van der Waals surface area contributed by atoms with Crippen LogP contribution in [0.15, 0.2) is 0 Å². The van der Waals surface area contributed by atoms with Gasteiger partial charge >= 0.3 is 0 Å². The van der Waals surface area contributed by atoms with Crippen molar-refractivity contribution in [1.29, 1.82) is 0 Å². The Balaban J connectivity index is 2.16. The third-order valence-electron chi connectivity index (χ3n) is 3.90. The Morgan fingerprint density at radius 2 is 1.95 bits per heavy atom. The molecule has 1 aliphatic heterocycles. The molecule has 1 fully saturated rings. The first-order chi connectivity index (χ1) is 9.67. The highest BCUT2D eigenvalue weighted by molar-refractivity contribution is 6.28. The second kappa shape index (κ2) is 7.07. The van der Waals surface area contributed by atoms with E-state index in [0.29, 0.717) is 5.95 Å². The zero-order chi connectivity index (χ0) is 14.5. The highest BCUT2D eigenvalue weighted by Gasteiger charge is 2.25. The summed E-state index contributed by atoms with van der Waals surface area (Å²) < 4.78 is 0. The first-order valence-electron chi connectivity index (χ1n) is 7.59. The monoisotopic (exact) mass is 297 g/mol. The number of aromatic nitrogens is 3. The minimum atomic E-state index is 0.288. The van der Waals surface area contributed by atoms with Gasteiger partial charge in [-0.25, -0.2) is 0 Å². The normalized spacial score (nSPS) is 18.6. The van der Waals surface area contributed by atoms with E-state index in [1.807, 2.05) is 0 Å². The molecule has 0 saturated carbocycles. The molecule has 1 aromatic rings. The highest BCUT2D eigenvalue weighted by Crippen LogP contribution is 2.25. The second-order valence-electron chi connectivity index (χ2n) is 5.27. The Hall–Kier alpha value is -1.10. The summed E-state index contributed by atoms with van der Waals surface area (Å²) in [6, 6.07) is 0. The van der Waals surface area contributed by atoms with Crippen LogP contribution in [0.2, 0.25) is 5.28 Å². The maximum Gasteiger partial charge on any atom is 0.231 e. The van der Waals surface area contributed by atoms with Crippen molar-refractivity contribution in [2.24, 2.45) is 5.92 Å². The largest absolute Gasteiger partial charge is 0.341 e. The summed E-state index contributed by atoms with van der Waals surface area (Å²) in [6.45, 7) is 10.2. The van der Waals surface area contributed by atoms with Gasteiger partial charge in [0.2, 0.25) is 17.2 Å². The Labute approximate surface area is 126 Å². The van der Waals surface area contributed by atoms with Crippen molar-refractivity contribution in [3.63, 3.8) is 0 Å². The fraction of sp³-hybridized carbons (Fsp3) is 0.786. The van der Waals surface area contributed by atoms with Gasteiger partial charge < -0.3 is 9.80 Å². The third-order valence-corrected chi connectivity index (χ3v) is 4.07. The van der Waals surface area contributed by atoms with E-state index in [4.69, 9.17) is 11.6 Å². The standard InChI is InChI=1S/C14H24ClN5/c1-4-7-11-8-9-20(10-11)14-17-12(15)16-13(18-14)19(5-2)6-3/h11H,4-10H2,1-3H3. The van der Waals surface area contributed by atoms with Gasteiger partial charge in [-0.2, -0.15) is 15.0 Å². The summed E-state index contributed by atoms with van der Waals surface area (Å²) >= 11 is 6.07. The number of rotatable bonds is 6. The average Bonchev–Trinajstić information content (AvgIpc) is 2.89. The smallest absolute Gasteiger partial charge is 0.231 e. The maximum absolute atomic E-state index is 6.07. The van der Waals surface area contributed by atoms with E-state index < -0.39 is 0 Å². The quantitative estimate of drug-likeness (QED) is 0.808. The van der Waals surface area contributed by atoms with Crippen LogP contribution in [0.1, 0.15) is 40.0 Å². The van der Waals surface area contributed by atoms with E-state index in [9.17, 15) is 0 Å². The fourth-order valence-electron chi connectivity index (χ4n) is 2.78. The first-order valence-corrected chi connectivity index (χ1v) is 7.97. The van der Waals surface area contributed by atoms with Crippen LogP contribution in [-0.2, 0) is 0 Å². The number of hydrogen-bond donors (Lipinski definition) is 0. The highest BCUT2D eigenvalue weighted by atomic mass is 35.5. The van der Waals surface area contributed by atoms with Crippen LogP contribution in [-0.4, -0.2) is 41.1 Å². The molecule has 0 radical (unpaired) electrons. The topological polar surface area (TPSA) is 45.2 Å². The van der Waals surface area contributed by atoms with Crippen LogP contribution in [0.3, 0.4) is 0 Å². The lowest BCUT2D eigenvalue weighted by Gasteiger charge is -2.21. The number of halogens is 1. The minimum absolute atomic E-state index is 0.288. The van der Waals surface area contributed by atoms with Gasteiger partial charge in [-0.15, -0.1) is 0 Å². The average molecular weight is 298 g/mol. The zero-order valence-corrected chi connectivity index (χ0v) is 13.4. The molecule has 20 heavy (non-hydrogen) atoms. The maximum atomic E-state index is 6.07. The number of nitrogens with zero attached hydrogens (tertiary/aromatic N) is 5. The molecule has 6 heteroatoms. The van der Waals surface area contributed by atoms with Gasteiger partial charge in [0, 0.05) is 26.2 Å². The molecule has 1 saturated heterocycles. The van der Waals surface area contributed by atoms with Crippen molar-refractivity contribution in [3.8, 4) is 0 Å². The van der Waals surface area contributed by atoms with Gasteiger partial charge in [0.15, 0.2) is 0 Å². The van der Waals surface area contributed by atoms with Crippen molar-refractivity contribution in [2.45, 2.75) is 40.0 Å². The van der Waals surface area contributed by atoms with Crippen LogP contribution in [0.5, 0.6) is 0 Å². The summed E-state index contributed by atoms with van der Waals surface area (Å²) in [5.74, 6) is 2.17. The van der Waals surface area contributed by atoms with Gasteiger partial charge in [-0.1, -0.05) is 13.3 Å². The summed E-state index contributed by atoms with van der Waals surface area (Å²) in [5, 5.41) is 0.288. The lowest BCUT2D eigenvalue weighted by Crippen LogP contribution is -2.27. The molecule has 2 rings (SSSR count). The van der Waals surface area contributed by atoms with E-state index in [1.54, 1.807) is 0 Å². The number of anilines is 2. The molecule has 0 aromatic carbocycles. The summed E-state index contributed by atoms with van der Waals surface area (Å²) in [4.78, 5) is 17.5. The molecule has 1 unspecified atom stereocenters. The Morgan fingerprint density at radius 1 is 1.20 bits per heavy atom. The van der Waals surface area contributed by atoms with Gasteiger partial charge in [-0.3, -0.25) is 0 Å². The summed E-state index contributed by atoms with van der Waals surface area (Å²) in [7, 11) is 0. The van der Waals surface area contributed by atoms with E-state index >= 15 is 0 Å². The van der Waals surface area contributed by atoms with Crippen molar-refractivity contribution in [1.82, 2.24) is 15.0 Å². The van der Waals surface area contributed by atoms with Gasteiger partial charge in [0.1, 0.15) is 0 Å². The molecule has 0 N–H and O–H groups in total. The Morgan fingerprint density at radius 3 is 2.60 bits per heavy atom. The van der Waals surface area contributed by atoms with E-state index in [0.717, 1.165) is 38.0 Å². The second-order valence-corrected chi connectivity index (χ2v) is 5.60. The molecular formula is C14H24ClN5. The fourth-order valence-corrected chi connectivity index (χ4v) is 2.93. The molecule has 1 aliphatic rings. The SMILES string of the molecule is CCCC1CCN(c2nc(Cl)nc(N(CC)CC)n2)C1. The van der Waals surface area contributed by atoms with E-state index in [-0.39, 0.29) is 5.28 Å².